The third-order valence-electron chi connectivity index (χ3n) is 1.43. The van der Waals surface area contributed by atoms with Crippen LogP contribution in [0.15, 0.2) is 27.8 Å². The lowest BCUT2D eigenvalue weighted by Gasteiger charge is -2.03. The van der Waals surface area contributed by atoms with Crippen molar-refractivity contribution in [2.75, 3.05) is 7.11 Å². The lowest BCUT2D eigenvalue weighted by Crippen LogP contribution is -1.92. The summed E-state index contributed by atoms with van der Waals surface area (Å²) in [6, 6.07) is 5.18. The SMILES string of the molecule is COc1cc(Br)cc(C(Cl)=NO)c1. The molecule has 13 heavy (non-hydrogen) atoms. The van der Waals surface area contributed by atoms with E-state index in [4.69, 9.17) is 21.5 Å². The minimum atomic E-state index is 0.0274. The van der Waals surface area contributed by atoms with Gasteiger partial charge < -0.3 is 9.94 Å². The molecule has 3 nitrogen and oxygen atoms in total. The van der Waals surface area contributed by atoms with Crippen molar-refractivity contribution in [2.24, 2.45) is 5.16 Å². The van der Waals surface area contributed by atoms with Crippen molar-refractivity contribution in [3.8, 4) is 5.75 Å². The van der Waals surface area contributed by atoms with Crippen LogP contribution in [0.25, 0.3) is 0 Å². The highest BCUT2D eigenvalue weighted by Gasteiger charge is 2.04. The van der Waals surface area contributed by atoms with Crippen LogP contribution in [-0.2, 0) is 0 Å². The number of methoxy groups -OCH3 is 1. The zero-order valence-corrected chi connectivity index (χ0v) is 9.13. The molecule has 0 spiro atoms. The first-order chi connectivity index (χ1) is 6.17. The van der Waals surface area contributed by atoms with Gasteiger partial charge in [-0.2, -0.15) is 0 Å². The smallest absolute Gasteiger partial charge is 0.175 e. The molecule has 0 aliphatic carbocycles. The Kier molecular flexibility index (Phi) is 3.57. The standard InChI is InChI=1S/C8H7BrClNO2/c1-13-7-3-5(8(10)11-12)2-6(9)4-7/h2-4,12H,1H3. The lowest BCUT2D eigenvalue weighted by atomic mass is 10.2. The fourth-order valence-corrected chi connectivity index (χ4v) is 1.44. The zero-order chi connectivity index (χ0) is 9.84. The van der Waals surface area contributed by atoms with Gasteiger partial charge in [-0.05, 0) is 18.2 Å². The Morgan fingerprint density at radius 1 is 1.54 bits per heavy atom. The quantitative estimate of drug-likeness (QED) is 0.507. The van der Waals surface area contributed by atoms with Crippen LogP contribution in [0, 0.1) is 0 Å². The van der Waals surface area contributed by atoms with Crippen molar-refractivity contribution in [3.63, 3.8) is 0 Å². The molecule has 1 rings (SSSR count). The second-order valence-electron chi connectivity index (χ2n) is 2.27. The Bertz CT molecular complexity index is 341. The summed E-state index contributed by atoms with van der Waals surface area (Å²) in [6.45, 7) is 0. The van der Waals surface area contributed by atoms with E-state index < -0.39 is 0 Å². The highest BCUT2D eigenvalue weighted by Crippen LogP contribution is 2.22. The van der Waals surface area contributed by atoms with Crippen molar-refractivity contribution in [1.82, 2.24) is 0 Å². The maximum absolute atomic E-state index is 8.44. The maximum atomic E-state index is 8.44. The van der Waals surface area contributed by atoms with Crippen LogP contribution in [0.2, 0.25) is 0 Å². The van der Waals surface area contributed by atoms with Gasteiger partial charge in [0.05, 0.1) is 7.11 Å². The summed E-state index contributed by atoms with van der Waals surface area (Å²) >= 11 is 8.89. The number of nitrogens with zero attached hydrogens (tertiary/aromatic N) is 1. The van der Waals surface area contributed by atoms with E-state index in [0.29, 0.717) is 11.3 Å². The first kappa shape index (κ1) is 10.3. The fraction of sp³-hybridized carbons (Fsp3) is 0.125. The molecule has 0 aliphatic heterocycles. The van der Waals surface area contributed by atoms with E-state index in [9.17, 15) is 0 Å². The number of ether oxygens (including phenoxy) is 1. The summed E-state index contributed by atoms with van der Waals surface area (Å²) in [7, 11) is 1.55. The second kappa shape index (κ2) is 4.48. The zero-order valence-electron chi connectivity index (χ0n) is 6.79. The van der Waals surface area contributed by atoms with Crippen molar-refractivity contribution in [2.45, 2.75) is 0 Å². The molecule has 0 aliphatic rings. The van der Waals surface area contributed by atoms with E-state index in [0.717, 1.165) is 4.47 Å². The Hall–Kier alpha value is -0.740. The van der Waals surface area contributed by atoms with Crippen LogP contribution in [0.5, 0.6) is 5.75 Å². The molecule has 0 aromatic heterocycles. The molecular formula is C8H7BrClNO2. The summed E-state index contributed by atoms with van der Waals surface area (Å²) in [4.78, 5) is 0. The number of benzene rings is 1. The van der Waals surface area contributed by atoms with E-state index in [1.165, 1.54) is 0 Å². The summed E-state index contributed by atoms with van der Waals surface area (Å²) in [6.07, 6.45) is 0. The van der Waals surface area contributed by atoms with Crippen molar-refractivity contribution < 1.29 is 9.94 Å². The number of halogens is 2. The monoisotopic (exact) mass is 263 g/mol. The molecule has 1 aromatic carbocycles. The summed E-state index contributed by atoms with van der Waals surface area (Å²) in [5.41, 5.74) is 0.593. The summed E-state index contributed by atoms with van der Waals surface area (Å²) in [5.74, 6) is 0.645. The number of hydrogen-bond acceptors (Lipinski definition) is 3. The van der Waals surface area contributed by atoms with Gasteiger partial charge in [-0.3, -0.25) is 0 Å². The van der Waals surface area contributed by atoms with Gasteiger partial charge in [0.1, 0.15) is 5.75 Å². The van der Waals surface area contributed by atoms with Crippen molar-refractivity contribution >= 4 is 32.7 Å². The molecule has 1 aromatic rings. The van der Waals surface area contributed by atoms with Gasteiger partial charge in [0, 0.05) is 10.0 Å². The first-order valence-corrected chi connectivity index (χ1v) is 4.57. The fourth-order valence-electron chi connectivity index (χ4n) is 0.857. The van der Waals surface area contributed by atoms with E-state index in [-0.39, 0.29) is 5.17 Å². The Morgan fingerprint density at radius 3 is 2.77 bits per heavy atom. The largest absolute Gasteiger partial charge is 0.497 e. The minimum Gasteiger partial charge on any atom is -0.497 e. The van der Waals surface area contributed by atoms with Gasteiger partial charge in [0.15, 0.2) is 5.17 Å². The summed E-state index contributed by atoms with van der Waals surface area (Å²) in [5, 5.41) is 11.4. The molecule has 0 bridgehead atoms. The highest BCUT2D eigenvalue weighted by atomic mass is 79.9. The third-order valence-corrected chi connectivity index (χ3v) is 2.18. The molecule has 0 saturated carbocycles. The van der Waals surface area contributed by atoms with Crippen LogP contribution in [0.1, 0.15) is 5.56 Å². The van der Waals surface area contributed by atoms with Gasteiger partial charge in [-0.1, -0.05) is 32.7 Å². The molecule has 70 valence electrons. The number of hydrogen-bond donors (Lipinski definition) is 1. The van der Waals surface area contributed by atoms with Crippen LogP contribution in [0.4, 0.5) is 0 Å². The average Bonchev–Trinajstić information content (AvgIpc) is 2.15. The van der Waals surface area contributed by atoms with E-state index in [1.807, 2.05) is 0 Å². The van der Waals surface area contributed by atoms with Crippen molar-refractivity contribution in [1.29, 1.82) is 0 Å². The first-order valence-electron chi connectivity index (χ1n) is 3.40. The Morgan fingerprint density at radius 2 is 2.23 bits per heavy atom. The number of rotatable bonds is 2. The van der Waals surface area contributed by atoms with Crippen molar-refractivity contribution in [3.05, 3.63) is 28.2 Å². The van der Waals surface area contributed by atoms with E-state index in [1.54, 1.807) is 25.3 Å². The molecule has 0 heterocycles. The molecule has 0 radical (unpaired) electrons. The van der Waals surface area contributed by atoms with Gasteiger partial charge in [-0.15, -0.1) is 0 Å². The maximum Gasteiger partial charge on any atom is 0.175 e. The second-order valence-corrected chi connectivity index (χ2v) is 3.54. The minimum absolute atomic E-state index is 0.0274. The van der Waals surface area contributed by atoms with E-state index >= 15 is 0 Å². The normalized spacial score (nSPS) is 11.5. The third kappa shape index (κ3) is 2.60. The lowest BCUT2D eigenvalue weighted by molar-refractivity contribution is 0.321. The van der Waals surface area contributed by atoms with Crippen LogP contribution in [0.3, 0.4) is 0 Å². The van der Waals surface area contributed by atoms with Gasteiger partial charge in [-0.25, -0.2) is 0 Å². The molecule has 0 fully saturated rings. The predicted molar refractivity (Wildman–Crippen MR) is 54.9 cm³/mol. The molecule has 0 amide bonds. The van der Waals surface area contributed by atoms with Crippen LogP contribution >= 0.6 is 27.5 Å². The van der Waals surface area contributed by atoms with Gasteiger partial charge in [0.2, 0.25) is 0 Å². The predicted octanol–water partition coefficient (Wildman–Crippen LogP) is 2.83. The molecule has 0 saturated heterocycles. The molecule has 0 atom stereocenters. The Balaban J connectivity index is 3.16. The van der Waals surface area contributed by atoms with Gasteiger partial charge >= 0.3 is 0 Å². The number of oxime groups is 1. The topological polar surface area (TPSA) is 41.8 Å². The van der Waals surface area contributed by atoms with Crippen LogP contribution < -0.4 is 4.74 Å². The molecule has 0 unspecified atom stereocenters. The molecular weight excluding hydrogens is 257 g/mol. The van der Waals surface area contributed by atoms with Gasteiger partial charge in [0.25, 0.3) is 0 Å². The average molecular weight is 265 g/mol. The molecule has 1 N–H and O–H groups in total. The summed E-state index contributed by atoms with van der Waals surface area (Å²) < 4.78 is 5.81. The molecule has 5 heteroatoms. The Labute approximate surface area is 89.1 Å². The van der Waals surface area contributed by atoms with Crippen LogP contribution in [-0.4, -0.2) is 17.5 Å². The van der Waals surface area contributed by atoms with E-state index in [2.05, 4.69) is 21.1 Å². The highest BCUT2D eigenvalue weighted by molar-refractivity contribution is 9.10.